The fourth-order valence-corrected chi connectivity index (χ4v) is 0.936. The number of carbonyl (C=O) groups is 1. The summed E-state index contributed by atoms with van der Waals surface area (Å²) in [6, 6.07) is 2.04. The van der Waals surface area contributed by atoms with Crippen molar-refractivity contribution in [2.45, 2.75) is 13.8 Å². The Hall–Kier alpha value is -1.95. The van der Waals surface area contributed by atoms with Gasteiger partial charge in [0, 0.05) is 6.61 Å². The number of aliphatic hydroxyl groups excluding tert-OH is 1. The molecule has 0 bridgehead atoms. The largest absolute Gasteiger partial charge is 0.504 e. The van der Waals surface area contributed by atoms with Gasteiger partial charge in [-0.1, -0.05) is 0 Å². The molecule has 0 unspecified atom stereocenters. The Morgan fingerprint density at radius 1 is 1.18 bits per heavy atom. The summed E-state index contributed by atoms with van der Waals surface area (Å²) in [4.78, 5) is 11.1. The topological polar surface area (TPSA) is 107 Å². The van der Waals surface area contributed by atoms with E-state index in [1.807, 2.05) is 0 Å². The summed E-state index contributed by atoms with van der Waals surface area (Å²) in [6.07, 6.45) is 0. The molecule has 0 saturated heterocycles. The molecule has 0 aliphatic carbocycles. The van der Waals surface area contributed by atoms with Crippen LogP contribution in [0.4, 0.5) is 0 Å². The van der Waals surface area contributed by atoms with Gasteiger partial charge in [0.05, 0.1) is 12.2 Å². The van der Waals surface area contributed by atoms with Crippen molar-refractivity contribution in [3.63, 3.8) is 0 Å². The molecule has 0 fully saturated rings. The smallest absolute Gasteiger partial charge is 0.338 e. The molecule has 0 heterocycles. The highest BCUT2D eigenvalue weighted by Gasteiger charge is 2.13. The number of phenolic OH excluding ortho intramolecular Hbond substituents is 3. The van der Waals surface area contributed by atoms with Crippen molar-refractivity contribution in [3.8, 4) is 17.2 Å². The van der Waals surface area contributed by atoms with Gasteiger partial charge in [-0.3, -0.25) is 0 Å². The fourth-order valence-electron chi connectivity index (χ4n) is 0.936. The van der Waals surface area contributed by atoms with Gasteiger partial charge >= 0.3 is 5.97 Å². The maximum absolute atomic E-state index is 11.1. The van der Waals surface area contributed by atoms with Gasteiger partial charge < -0.3 is 25.2 Å². The molecular weight excluding hydrogens is 228 g/mol. The predicted octanol–water partition coefficient (Wildman–Crippen LogP) is 0.979. The summed E-state index contributed by atoms with van der Waals surface area (Å²) in [5.41, 5.74) is -0.0142. The second-order valence-electron chi connectivity index (χ2n) is 2.90. The number of benzene rings is 1. The number of rotatable bonds is 2. The number of hydrogen-bond acceptors (Lipinski definition) is 6. The van der Waals surface area contributed by atoms with Crippen LogP contribution in [0.25, 0.3) is 0 Å². The zero-order valence-electron chi connectivity index (χ0n) is 9.67. The first-order valence-electron chi connectivity index (χ1n) is 5.00. The summed E-state index contributed by atoms with van der Waals surface area (Å²) >= 11 is 0. The molecular formula is C11H16O6. The number of esters is 1. The third-order valence-electron chi connectivity index (χ3n) is 1.58. The molecule has 0 aromatic heterocycles. The van der Waals surface area contributed by atoms with E-state index >= 15 is 0 Å². The first-order valence-corrected chi connectivity index (χ1v) is 5.00. The summed E-state index contributed by atoms with van der Waals surface area (Å²) in [6.45, 7) is 3.76. The molecule has 0 aliphatic heterocycles. The number of phenols is 3. The molecule has 1 aromatic rings. The quantitative estimate of drug-likeness (QED) is 0.456. The molecule has 6 nitrogen and oxygen atoms in total. The third-order valence-corrected chi connectivity index (χ3v) is 1.58. The van der Waals surface area contributed by atoms with E-state index < -0.39 is 23.2 Å². The Morgan fingerprint density at radius 3 is 1.94 bits per heavy atom. The van der Waals surface area contributed by atoms with Crippen LogP contribution < -0.4 is 0 Å². The third kappa shape index (κ3) is 4.60. The molecule has 0 aliphatic rings. The van der Waals surface area contributed by atoms with Crippen molar-refractivity contribution < 1.29 is 30.0 Å². The van der Waals surface area contributed by atoms with Crippen LogP contribution in [-0.2, 0) is 4.74 Å². The van der Waals surface area contributed by atoms with Crippen molar-refractivity contribution in [2.24, 2.45) is 0 Å². The molecule has 17 heavy (non-hydrogen) atoms. The Labute approximate surface area is 98.7 Å². The number of ether oxygens (including phenoxy) is 1. The molecule has 0 amide bonds. The lowest BCUT2D eigenvalue weighted by Crippen LogP contribution is -2.04. The molecule has 4 N–H and O–H groups in total. The molecule has 1 aromatic carbocycles. The standard InChI is InChI=1S/C9H10O5.C2H6O/c1-2-14-9(13)5-3-6(10)8(12)7(11)4-5;1-2-3/h3-4,10-12H,2H2,1H3;3H,2H2,1H3. The second kappa shape index (κ2) is 7.34. The SMILES string of the molecule is CCO.CCOC(=O)c1cc(O)c(O)c(O)c1. The maximum Gasteiger partial charge on any atom is 0.338 e. The molecule has 0 saturated carbocycles. The van der Waals surface area contributed by atoms with Crippen LogP contribution in [0.3, 0.4) is 0 Å². The minimum Gasteiger partial charge on any atom is -0.504 e. The lowest BCUT2D eigenvalue weighted by atomic mass is 10.2. The Kier molecular flexibility index (Phi) is 6.50. The van der Waals surface area contributed by atoms with Crippen molar-refractivity contribution in [2.75, 3.05) is 13.2 Å². The van der Waals surface area contributed by atoms with Crippen LogP contribution in [-0.4, -0.2) is 39.6 Å². The van der Waals surface area contributed by atoms with Crippen LogP contribution in [0, 0.1) is 0 Å². The predicted molar refractivity (Wildman–Crippen MR) is 60.2 cm³/mol. The zero-order chi connectivity index (χ0) is 13.4. The Balaban J connectivity index is 0.000000770. The highest BCUT2D eigenvalue weighted by atomic mass is 16.5. The highest BCUT2D eigenvalue weighted by molar-refractivity contribution is 5.91. The highest BCUT2D eigenvalue weighted by Crippen LogP contribution is 2.35. The molecule has 0 spiro atoms. The summed E-state index contributed by atoms with van der Waals surface area (Å²) < 4.78 is 4.63. The molecule has 96 valence electrons. The first-order chi connectivity index (χ1) is 7.97. The second-order valence-corrected chi connectivity index (χ2v) is 2.90. The lowest BCUT2D eigenvalue weighted by molar-refractivity contribution is 0.0525. The van der Waals surface area contributed by atoms with Crippen LogP contribution in [0.2, 0.25) is 0 Å². The van der Waals surface area contributed by atoms with Crippen LogP contribution in [0.15, 0.2) is 12.1 Å². The van der Waals surface area contributed by atoms with E-state index in [1.165, 1.54) is 0 Å². The van der Waals surface area contributed by atoms with Gasteiger partial charge in [0.1, 0.15) is 0 Å². The summed E-state index contributed by atoms with van der Waals surface area (Å²) in [5.74, 6) is -2.45. The van der Waals surface area contributed by atoms with Gasteiger partial charge in [0.2, 0.25) is 0 Å². The van der Waals surface area contributed by atoms with E-state index in [4.69, 9.17) is 20.4 Å². The van der Waals surface area contributed by atoms with Gasteiger partial charge in [0.15, 0.2) is 17.2 Å². The molecule has 1 rings (SSSR count). The molecule has 0 atom stereocenters. The number of aliphatic hydroxyl groups is 1. The van der Waals surface area contributed by atoms with Gasteiger partial charge in [-0.05, 0) is 26.0 Å². The van der Waals surface area contributed by atoms with Crippen molar-refractivity contribution in [3.05, 3.63) is 17.7 Å². The van der Waals surface area contributed by atoms with Gasteiger partial charge in [-0.2, -0.15) is 0 Å². The monoisotopic (exact) mass is 244 g/mol. The minimum atomic E-state index is -0.668. The zero-order valence-corrected chi connectivity index (χ0v) is 9.67. The normalized spacial score (nSPS) is 9.12. The number of hydrogen-bond donors (Lipinski definition) is 4. The van der Waals surface area contributed by atoms with E-state index in [-0.39, 0.29) is 18.8 Å². The average Bonchev–Trinajstić information content (AvgIpc) is 2.26. The van der Waals surface area contributed by atoms with Crippen LogP contribution in [0.5, 0.6) is 17.2 Å². The fraction of sp³-hybridized carbons (Fsp3) is 0.364. The Morgan fingerprint density at radius 2 is 1.59 bits per heavy atom. The minimum absolute atomic E-state index is 0.0142. The lowest BCUT2D eigenvalue weighted by Gasteiger charge is -2.04. The van der Waals surface area contributed by atoms with E-state index in [9.17, 15) is 4.79 Å². The van der Waals surface area contributed by atoms with Gasteiger partial charge in [-0.25, -0.2) is 4.79 Å². The summed E-state index contributed by atoms with van der Waals surface area (Å²) in [5, 5.41) is 34.7. The van der Waals surface area contributed by atoms with Crippen molar-refractivity contribution in [1.82, 2.24) is 0 Å². The van der Waals surface area contributed by atoms with E-state index in [2.05, 4.69) is 4.74 Å². The van der Waals surface area contributed by atoms with Crippen LogP contribution >= 0.6 is 0 Å². The van der Waals surface area contributed by atoms with Gasteiger partial charge in [-0.15, -0.1) is 0 Å². The first kappa shape index (κ1) is 15.0. The molecule has 0 radical (unpaired) electrons. The number of carbonyl (C=O) groups excluding carboxylic acids is 1. The van der Waals surface area contributed by atoms with Gasteiger partial charge in [0.25, 0.3) is 0 Å². The average molecular weight is 244 g/mol. The number of aromatic hydroxyl groups is 3. The summed E-state index contributed by atoms with van der Waals surface area (Å²) in [7, 11) is 0. The maximum atomic E-state index is 11.1. The van der Waals surface area contributed by atoms with E-state index in [1.54, 1.807) is 13.8 Å². The van der Waals surface area contributed by atoms with E-state index in [0.717, 1.165) is 12.1 Å². The van der Waals surface area contributed by atoms with Crippen molar-refractivity contribution in [1.29, 1.82) is 0 Å². The molecule has 6 heteroatoms. The Bertz CT molecular complexity index is 351. The van der Waals surface area contributed by atoms with Crippen LogP contribution in [0.1, 0.15) is 24.2 Å². The van der Waals surface area contributed by atoms with E-state index in [0.29, 0.717) is 0 Å². The van der Waals surface area contributed by atoms with Crippen molar-refractivity contribution >= 4 is 5.97 Å².